The summed E-state index contributed by atoms with van der Waals surface area (Å²) in [6.45, 7) is 2.79. The van der Waals surface area contributed by atoms with Gasteiger partial charge in [-0.05, 0) is 13.3 Å². The van der Waals surface area contributed by atoms with Gasteiger partial charge in [0, 0.05) is 30.8 Å². The van der Waals surface area contributed by atoms with Gasteiger partial charge in [0.15, 0.2) is 0 Å². The number of benzene rings is 1. The van der Waals surface area contributed by atoms with E-state index in [0.29, 0.717) is 4.88 Å². The zero-order valence-electron chi connectivity index (χ0n) is 13.4. The molecule has 1 aliphatic heterocycles. The maximum absolute atomic E-state index is 12.5. The van der Waals surface area contributed by atoms with Crippen molar-refractivity contribution in [3.05, 3.63) is 59.1 Å². The monoisotopic (exact) mass is 338 g/mol. The van der Waals surface area contributed by atoms with Crippen molar-refractivity contribution < 1.29 is 4.79 Å². The van der Waals surface area contributed by atoms with Crippen molar-refractivity contribution in [2.24, 2.45) is 0 Å². The number of carbonyl (C=O) groups excluding carboxylic acids is 1. The molecule has 4 rings (SSSR count). The third-order valence-corrected chi connectivity index (χ3v) is 5.24. The molecule has 6 heteroatoms. The maximum atomic E-state index is 12.5. The minimum Gasteiger partial charge on any atom is -0.347 e. The molecule has 1 aliphatic rings. The Morgan fingerprint density at radius 2 is 2.17 bits per heavy atom. The highest BCUT2D eigenvalue weighted by molar-refractivity contribution is 7.16. The third kappa shape index (κ3) is 2.97. The Balaban J connectivity index is 1.45. The lowest BCUT2D eigenvalue weighted by atomic mass is 10.1. The first-order chi connectivity index (χ1) is 11.7. The van der Waals surface area contributed by atoms with Crippen LogP contribution in [0.3, 0.4) is 0 Å². The van der Waals surface area contributed by atoms with Gasteiger partial charge < -0.3 is 9.88 Å². The normalized spacial score (nSPS) is 16.6. The van der Waals surface area contributed by atoms with Crippen LogP contribution in [0.15, 0.2) is 42.7 Å². The summed E-state index contributed by atoms with van der Waals surface area (Å²) in [5, 5.41) is 4.01. The molecule has 0 spiro atoms. The van der Waals surface area contributed by atoms with Gasteiger partial charge in [0.25, 0.3) is 5.91 Å². The number of aryl methyl sites for hydroxylation is 2. The molecule has 0 radical (unpaired) electrons. The number of fused-ring (bicyclic) bond motifs is 1. The van der Waals surface area contributed by atoms with Crippen LogP contribution in [0.25, 0.3) is 10.6 Å². The van der Waals surface area contributed by atoms with Gasteiger partial charge in [0.2, 0.25) is 0 Å². The van der Waals surface area contributed by atoms with Crippen LogP contribution in [0.4, 0.5) is 0 Å². The number of thiazole rings is 1. The summed E-state index contributed by atoms with van der Waals surface area (Å²) in [7, 11) is 0. The number of aromatic nitrogens is 3. The van der Waals surface area contributed by atoms with Gasteiger partial charge in [-0.1, -0.05) is 30.3 Å². The first-order valence-electron chi connectivity index (χ1n) is 8.04. The van der Waals surface area contributed by atoms with E-state index in [-0.39, 0.29) is 11.9 Å². The van der Waals surface area contributed by atoms with E-state index in [9.17, 15) is 4.79 Å². The van der Waals surface area contributed by atoms with Crippen LogP contribution < -0.4 is 5.32 Å². The molecule has 0 saturated heterocycles. The molecule has 3 aromatic rings. The molecule has 1 N–H and O–H groups in total. The highest BCUT2D eigenvalue weighted by atomic mass is 32.1. The second-order valence-electron chi connectivity index (χ2n) is 6.06. The molecule has 5 nitrogen and oxygen atoms in total. The first kappa shape index (κ1) is 15.1. The van der Waals surface area contributed by atoms with E-state index in [1.807, 2.05) is 43.5 Å². The van der Waals surface area contributed by atoms with Gasteiger partial charge in [-0.3, -0.25) is 4.79 Å². The van der Waals surface area contributed by atoms with Crippen molar-refractivity contribution in [3.63, 3.8) is 0 Å². The quantitative estimate of drug-likeness (QED) is 0.798. The number of hydrogen-bond acceptors (Lipinski definition) is 4. The van der Waals surface area contributed by atoms with E-state index in [0.717, 1.165) is 41.5 Å². The van der Waals surface area contributed by atoms with Crippen molar-refractivity contribution in [2.45, 2.75) is 32.4 Å². The standard InChI is InChI=1S/C18H18N4OS/c1-12-10-22-11-14(7-8-16(22)20-12)21-17(23)15-9-19-18(24-15)13-5-3-2-4-6-13/h2-6,9-10,14H,7-8,11H2,1H3,(H,21,23)/t14-/m1/s1. The molecule has 0 fully saturated rings. The zero-order chi connectivity index (χ0) is 16.5. The fourth-order valence-corrected chi connectivity index (χ4v) is 3.88. The average Bonchev–Trinajstić information content (AvgIpc) is 3.21. The lowest BCUT2D eigenvalue weighted by molar-refractivity contribution is 0.0931. The number of imidazole rings is 1. The third-order valence-electron chi connectivity index (χ3n) is 4.20. The van der Waals surface area contributed by atoms with Gasteiger partial charge in [-0.25, -0.2) is 9.97 Å². The fraction of sp³-hybridized carbons (Fsp3) is 0.278. The topological polar surface area (TPSA) is 59.8 Å². The Labute approximate surface area is 144 Å². The number of hydrogen-bond donors (Lipinski definition) is 1. The molecule has 3 heterocycles. The lowest BCUT2D eigenvalue weighted by Gasteiger charge is -2.24. The summed E-state index contributed by atoms with van der Waals surface area (Å²) in [6.07, 6.45) is 5.54. The van der Waals surface area contributed by atoms with Crippen LogP contribution in [0.1, 0.15) is 27.6 Å². The first-order valence-corrected chi connectivity index (χ1v) is 8.85. The van der Waals surface area contributed by atoms with Crippen LogP contribution in [0, 0.1) is 6.92 Å². The molecular weight excluding hydrogens is 320 g/mol. The molecular formula is C18H18N4OS. The smallest absolute Gasteiger partial charge is 0.263 e. The predicted octanol–water partition coefficient (Wildman–Crippen LogP) is 3.06. The van der Waals surface area contributed by atoms with Gasteiger partial charge in [0.05, 0.1) is 11.9 Å². The van der Waals surface area contributed by atoms with Gasteiger partial charge in [-0.2, -0.15) is 0 Å². The Morgan fingerprint density at radius 1 is 1.33 bits per heavy atom. The molecule has 122 valence electrons. The van der Waals surface area contributed by atoms with E-state index in [2.05, 4.69) is 19.9 Å². The second kappa shape index (κ2) is 6.20. The molecule has 1 amide bonds. The Bertz CT molecular complexity index is 868. The van der Waals surface area contributed by atoms with Crippen molar-refractivity contribution in [2.75, 3.05) is 0 Å². The van der Waals surface area contributed by atoms with Crippen molar-refractivity contribution in [1.82, 2.24) is 19.9 Å². The minimum absolute atomic E-state index is 0.0417. The van der Waals surface area contributed by atoms with E-state index in [4.69, 9.17) is 0 Å². The van der Waals surface area contributed by atoms with Crippen LogP contribution in [0.2, 0.25) is 0 Å². The summed E-state index contributed by atoms with van der Waals surface area (Å²) in [5.74, 6) is 1.07. The summed E-state index contributed by atoms with van der Waals surface area (Å²) >= 11 is 1.43. The van der Waals surface area contributed by atoms with E-state index in [1.54, 1.807) is 6.20 Å². The van der Waals surface area contributed by atoms with Crippen molar-refractivity contribution in [3.8, 4) is 10.6 Å². The molecule has 0 unspecified atom stereocenters. The number of rotatable bonds is 3. The van der Waals surface area contributed by atoms with Gasteiger partial charge in [0.1, 0.15) is 15.7 Å². The summed E-state index contributed by atoms with van der Waals surface area (Å²) in [6, 6.07) is 10.1. The number of nitrogens with zero attached hydrogens (tertiary/aromatic N) is 3. The largest absolute Gasteiger partial charge is 0.347 e. The molecule has 0 bridgehead atoms. The molecule has 0 saturated carbocycles. The van der Waals surface area contributed by atoms with Gasteiger partial charge in [-0.15, -0.1) is 11.3 Å². The van der Waals surface area contributed by atoms with Crippen LogP contribution in [0.5, 0.6) is 0 Å². The van der Waals surface area contributed by atoms with Gasteiger partial charge >= 0.3 is 0 Å². The van der Waals surface area contributed by atoms with Crippen LogP contribution >= 0.6 is 11.3 Å². The molecule has 0 aliphatic carbocycles. The zero-order valence-corrected chi connectivity index (χ0v) is 14.2. The Morgan fingerprint density at radius 3 is 3.00 bits per heavy atom. The Hall–Kier alpha value is -2.47. The van der Waals surface area contributed by atoms with E-state index < -0.39 is 0 Å². The summed E-state index contributed by atoms with van der Waals surface area (Å²) in [4.78, 5) is 22.0. The number of nitrogens with one attached hydrogen (secondary N) is 1. The fourth-order valence-electron chi connectivity index (χ4n) is 3.05. The molecule has 1 aromatic carbocycles. The number of carbonyl (C=O) groups is 1. The Kier molecular flexibility index (Phi) is 3.90. The lowest BCUT2D eigenvalue weighted by Crippen LogP contribution is -2.40. The van der Waals surface area contributed by atoms with Crippen molar-refractivity contribution in [1.29, 1.82) is 0 Å². The second-order valence-corrected chi connectivity index (χ2v) is 7.09. The molecule has 24 heavy (non-hydrogen) atoms. The minimum atomic E-state index is -0.0417. The van der Waals surface area contributed by atoms with Crippen LogP contribution in [-0.2, 0) is 13.0 Å². The number of amides is 1. The SMILES string of the molecule is Cc1cn2c(n1)CC[C@@H](NC(=O)c1cnc(-c3ccccc3)s1)C2. The highest BCUT2D eigenvalue weighted by Crippen LogP contribution is 2.25. The highest BCUT2D eigenvalue weighted by Gasteiger charge is 2.22. The molecule has 2 aromatic heterocycles. The summed E-state index contributed by atoms with van der Waals surface area (Å²) in [5.41, 5.74) is 2.07. The average molecular weight is 338 g/mol. The van der Waals surface area contributed by atoms with E-state index in [1.165, 1.54) is 11.3 Å². The summed E-state index contributed by atoms with van der Waals surface area (Å²) < 4.78 is 2.14. The van der Waals surface area contributed by atoms with E-state index >= 15 is 0 Å². The maximum Gasteiger partial charge on any atom is 0.263 e. The van der Waals surface area contributed by atoms with Crippen molar-refractivity contribution >= 4 is 17.2 Å². The van der Waals surface area contributed by atoms with Crippen LogP contribution in [-0.4, -0.2) is 26.5 Å². The molecule has 1 atom stereocenters. The predicted molar refractivity (Wildman–Crippen MR) is 94.1 cm³/mol.